The highest BCUT2D eigenvalue weighted by Gasteiger charge is 2.48. The lowest BCUT2D eigenvalue weighted by molar-refractivity contribution is -0.134. The molecule has 0 saturated heterocycles. The van der Waals surface area contributed by atoms with Gasteiger partial charge in [-0.1, -0.05) is 85.8 Å². The summed E-state index contributed by atoms with van der Waals surface area (Å²) in [4.78, 5) is 29.7. The fraction of sp³-hybridized carbons (Fsp3) is 0.400. The molecule has 3 aromatic rings. The predicted octanol–water partition coefficient (Wildman–Crippen LogP) is 5.72. The summed E-state index contributed by atoms with van der Waals surface area (Å²) in [6.07, 6.45) is 6.78. The molecular formula is C30H35N3O2. The first kappa shape index (κ1) is 23.4. The molecule has 2 aliphatic rings. The summed E-state index contributed by atoms with van der Waals surface area (Å²) in [5.41, 5.74) is 3.86. The third kappa shape index (κ3) is 4.64. The van der Waals surface area contributed by atoms with Gasteiger partial charge in [0.1, 0.15) is 11.2 Å². The Morgan fingerprint density at radius 3 is 2.26 bits per heavy atom. The van der Waals surface area contributed by atoms with Crippen LogP contribution in [0.15, 0.2) is 66.7 Å². The summed E-state index contributed by atoms with van der Waals surface area (Å²) in [5.74, 6) is -0.152. The van der Waals surface area contributed by atoms with Crippen LogP contribution in [0.2, 0.25) is 0 Å². The Balaban J connectivity index is 1.52. The Labute approximate surface area is 208 Å². The molecule has 5 nitrogen and oxygen atoms in total. The molecule has 2 amide bonds. The van der Waals surface area contributed by atoms with Gasteiger partial charge in [-0.15, -0.1) is 0 Å². The maximum absolute atomic E-state index is 14.0. The molecule has 0 unspecified atom stereocenters. The molecule has 5 heteroatoms. The average molecular weight is 470 g/mol. The summed E-state index contributed by atoms with van der Waals surface area (Å²) in [6, 6.07) is 22.4. The number of aryl methyl sites for hydroxylation is 1. The Kier molecular flexibility index (Phi) is 6.50. The van der Waals surface area contributed by atoms with E-state index < -0.39 is 5.54 Å². The van der Waals surface area contributed by atoms with Gasteiger partial charge in [-0.05, 0) is 49.9 Å². The molecule has 1 fully saturated rings. The van der Waals surface area contributed by atoms with E-state index in [-0.39, 0.29) is 17.9 Å². The van der Waals surface area contributed by atoms with Crippen molar-refractivity contribution < 1.29 is 9.59 Å². The molecule has 2 heterocycles. The number of amides is 2. The maximum atomic E-state index is 14.0. The monoisotopic (exact) mass is 469 g/mol. The fourth-order valence-electron chi connectivity index (χ4n) is 5.52. The van der Waals surface area contributed by atoms with Gasteiger partial charge in [-0.25, -0.2) is 0 Å². The van der Waals surface area contributed by atoms with Crippen LogP contribution in [-0.2, 0) is 17.9 Å². The molecule has 1 aliphatic heterocycles. The van der Waals surface area contributed by atoms with Gasteiger partial charge in [0, 0.05) is 18.3 Å². The molecule has 0 radical (unpaired) electrons. The van der Waals surface area contributed by atoms with Crippen LogP contribution in [0.3, 0.4) is 0 Å². The van der Waals surface area contributed by atoms with Crippen molar-refractivity contribution >= 4 is 11.8 Å². The summed E-state index contributed by atoms with van der Waals surface area (Å²) < 4.78 is 2.04. The topological polar surface area (TPSA) is 54.3 Å². The molecule has 1 aliphatic carbocycles. The highest BCUT2D eigenvalue weighted by atomic mass is 16.2. The van der Waals surface area contributed by atoms with E-state index in [1.165, 1.54) is 18.4 Å². The number of fused-ring (bicyclic) bond motifs is 1. The number of carbonyl (C=O) groups excluding carboxylic acids is 2. The molecule has 182 valence electrons. The molecule has 5 rings (SSSR count). The first-order valence-corrected chi connectivity index (χ1v) is 12.9. The minimum atomic E-state index is -0.996. The van der Waals surface area contributed by atoms with Crippen molar-refractivity contribution in [3.05, 3.63) is 83.6 Å². The number of nitrogens with one attached hydrogen (secondary N) is 1. The molecule has 0 bridgehead atoms. The van der Waals surface area contributed by atoms with E-state index in [9.17, 15) is 9.59 Å². The molecule has 0 spiro atoms. The van der Waals surface area contributed by atoms with E-state index in [0.717, 1.165) is 42.5 Å². The van der Waals surface area contributed by atoms with Crippen molar-refractivity contribution in [2.75, 3.05) is 0 Å². The number of hydrogen-bond donors (Lipinski definition) is 1. The lowest BCUT2D eigenvalue weighted by Crippen LogP contribution is -2.64. The van der Waals surface area contributed by atoms with Crippen molar-refractivity contribution in [2.45, 2.75) is 77.0 Å². The van der Waals surface area contributed by atoms with Crippen LogP contribution in [-0.4, -0.2) is 32.9 Å². The van der Waals surface area contributed by atoms with Gasteiger partial charge in [-0.3, -0.25) is 9.59 Å². The van der Waals surface area contributed by atoms with Crippen LogP contribution < -0.4 is 5.32 Å². The van der Waals surface area contributed by atoms with Crippen LogP contribution in [0, 0.1) is 6.92 Å². The lowest BCUT2D eigenvalue weighted by Gasteiger charge is -2.45. The second-order valence-corrected chi connectivity index (χ2v) is 10.4. The second kappa shape index (κ2) is 9.73. The first-order valence-electron chi connectivity index (χ1n) is 12.9. The van der Waals surface area contributed by atoms with E-state index >= 15 is 0 Å². The fourth-order valence-corrected chi connectivity index (χ4v) is 5.52. The van der Waals surface area contributed by atoms with E-state index in [1.54, 1.807) is 4.90 Å². The number of aromatic nitrogens is 1. The molecule has 35 heavy (non-hydrogen) atoms. The average Bonchev–Trinajstić information content (AvgIpc) is 3.11. The Hall–Kier alpha value is -3.34. The largest absolute Gasteiger partial charge is 0.351 e. The van der Waals surface area contributed by atoms with Crippen molar-refractivity contribution in [3.63, 3.8) is 0 Å². The lowest BCUT2D eigenvalue weighted by atomic mass is 9.92. The summed E-state index contributed by atoms with van der Waals surface area (Å²) >= 11 is 0. The Morgan fingerprint density at radius 2 is 1.57 bits per heavy atom. The Bertz CT molecular complexity index is 1190. The van der Waals surface area contributed by atoms with Gasteiger partial charge in [0.15, 0.2) is 0 Å². The summed E-state index contributed by atoms with van der Waals surface area (Å²) in [5, 5.41) is 3.35. The highest BCUT2D eigenvalue weighted by Crippen LogP contribution is 2.34. The molecule has 2 aromatic carbocycles. The molecular weight excluding hydrogens is 434 g/mol. The predicted molar refractivity (Wildman–Crippen MR) is 139 cm³/mol. The maximum Gasteiger partial charge on any atom is 0.271 e. The number of rotatable bonds is 5. The van der Waals surface area contributed by atoms with Gasteiger partial charge in [0.2, 0.25) is 5.91 Å². The highest BCUT2D eigenvalue weighted by molar-refractivity contribution is 6.00. The number of hydrogen-bond acceptors (Lipinski definition) is 2. The molecule has 1 aromatic heterocycles. The Morgan fingerprint density at radius 1 is 0.914 bits per heavy atom. The van der Waals surface area contributed by atoms with Crippen LogP contribution in [0.5, 0.6) is 0 Å². The van der Waals surface area contributed by atoms with Crippen molar-refractivity contribution in [2.24, 2.45) is 0 Å². The van der Waals surface area contributed by atoms with Gasteiger partial charge >= 0.3 is 0 Å². The van der Waals surface area contributed by atoms with E-state index in [1.807, 2.05) is 41.8 Å². The van der Waals surface area contributed by atoms with Crippen molar-refractivity contribution in [1.82, 2.24) is 14.8 Å². The number of benzene rings is 2. The van der Waals surface area contributed by atoms with Gasteiger partial charge in [0.25, 0.3) is 5.91 Å². The third-order valence-corrected chi connectivity index (χ3v) is 7.72. The van der Waals surface area contributed by atoms with Gasteiger partial charge in [-0.2, -0.15) is 0 Å². The van der Waals surface area contributed by atoms with Crippen LogP contribution in [0.4, 0.5) is 0 Å². The molecule has 1 saturated carbocycles. The normalized spacial score (nSPS) is 20.9. The van der Waals surface area contributed by atoms with Crippen molar-refractivity contribution in [3.8, 4) is 11.3 Å². The molecule has 1 N–H and O–H groups in total. The van der Waals surface area contributed by atoms with Crippen LogP contribution >= 0.6 is 0 Å². The second-order valence-electron chi connectivity index (χ2n) is 10.4. The first-order chi connectivity index (χ1) is 17.0. The van der Waals surface area contributed by atoms with Crippen LogP contribution in [0.1, 0.15) is 67.1 Å². The van der Waals surface area contributed by atoms with Crippen LogP contribution in [0.25, 0.3) is 11.3 Å². The van der Waals surface area contributed by atoms with E-state index in [0.29, 0.717) is 18.8 Å². The smallest absolute Gasteiger partial charge is 0.271 e. The zero-order chi connectivity index (χ0) is 24.4. The third-order valence-electron chi connectivity index (χ3n) is 7.72. The SMILES string of the molecule is Cc1ccc(CN2C(=O)c3ccc(-c4ccccc4)n3C[C@]2(C)C(=O)NC2CCCCCC2)cc1. The standard InChI is InChI=1S/C30H35N3O2/c1-22-14-16-23(17-15-22)20-33-28(34)27-19-18-26(24-10-6-5-7-11-24)32(27)21-30(33,2)29(35)31-25-12-8-3-4-9-13-25/h5-7,10-11,14-19,25H,3-4,8-9,12-13,20-21H2,1-2H3,(H,31,35)/t30-/m1/s1. The van der Waals surface area contributed by atoms with Gasteiger partial charge < -0.3 is 14.8 Å². The minimum Gasteiger partial charge on any atom is -0.351 e. The van der Waals surface area contributed by atoms with Gasteiger partial charge in [0.05, 0.1) is 6.54 Å². The number of carbonyl (C=O) groups is 2. The summed E-state index contributed by atoms with van der Waals surface area (Å²) in [7, 11) is 0. The molecule has 1 atom stereocenters. The zero-order valence-electron chi connectivity index (χ0n) is 20.8. The van der Waals surface area contributed by atoms with E-state index in [4.69, 9.17) is 0 Å². The van der Waals surface area contributed by atoms with Crippen molar-refractivity contribution in [1.29, 1.82) is 0 Å². The summed E-state index contributed by atoms with van der Waals surface area (Å²) in [6.45, 7) is 4.82. The number of nitrogens with zero attached hydrogens (tertiary/aromatic N) is 2. The minimum absolute atomic E-state index is 0.0526. The van der Waals surface area contributed by atoms with E-state index in [2.05, 4.69) is 48.6 Å². The zero-order valence-corrected chi connectivity index (χ0v) is 20.8. The quantitative estimate of drug-likeness (QED) is 0.486.